The summed E-state index contributed by atoms with van der Waals surface area (Å²) in [6.45, 7) is 1.96. The van der Waals surface area contributed by atoms with Gasteiger partial charge in [0.1, 0.15) is 0 Å². The Bertz CT molecular complexity index is 178. The number of nitriles is 1. The summed E-state index contributed by atoms with van der Waals surface area (Å²) in [5.41, 5.74) is 0. The van der Waals surface area contributed by atoms with E-state index >= 15 is 0 Å². The fourth-order valence-electron chi connectivity index (χ4n) is 1.45. The van der Waals surface area contributed by atoms with Crippen molar-refractivity contribution in [3.63, 3.8) is 0 Å². The largest absolute Gasteiger partial charge is 0.392 e. The second-order valence-electron chi connectivity index (χ2n) is 3.22. The number of β-amino-alcohol motifs (C(OH)–C–C–N with tert-alkyl or cyclic N) is 2. The molecule has 0 bridgehead atoms. The van der Waals surface area contributed by atoms with Crippen molar-refractivity contribution < 1.29 is 10.2 Å². The molecule has 0 radical (unpaired) electrons. The van der Waals surface area contributed by atoms with Gasteiger partial charge in [-0.3, -0.25) is 4.90 Å². The van der Waals surface area contributed by atoms with Crippen LogP contribution in [0.15, 0.2) is 0 Å². The monoisotopic (exact) mass is 170 g/mol. The molecule has 2 atom stereocenters. The highest BCUT2D eigenvalue weighted by Crippen LogP contribution is 2.09. The van der Waals surface area contributed by atoms with Crippen LogP contribution in [0.3, 0.4) is 0 Å². The third kappa shape index (κ3) is 2.78. The first-order valence-electron chi connectivity index (χ1n) is 4.18. The van der Waals surface area contributed by atoms with Gasteiger partial charge >= 0.3 is 0 Å². The topological polar surface area (TPSA) is 67.5 Å². The minimum Gasteiger partial charge on any atom is -0.392 e. The summed E-state index contributed by atoms with van der Waals surface area (Å²) in [5.74, 6) is 0. The van der Waals surface area contributed by atoms with Gasteiger partial charge in [0.05, 0.1) is 24.7 Å². The van der Waals surface area contributed by atoms with Crippen LogP contribution in [0.1, 0.15) is 12.8 Å². The number of aliphatic hydroxyl groups excluding tert-OH is 2. The van der Waals surface area contributed by atoms with Crippen molar-refractivity contribution in [2.75, 3.05) is 19.6 Å². The Balaban J connectivity index is 2.19. The average Bonchev–Trinajstić information content (AvgIpc) is 2.36. The molecule has 0 aromatic heterocycles. The number of aliphatic hydroxyl groups is 2. The fraction of sp³-hybridized carbons (Fsp3) is 0.875. The summed E-state index contributed by atoms with van der Waals surface area (Å²) in [5, 5.41) is 26.7. The van der Waals surface area contributed by atoms with Crippen molar-refractivity contribution in [3.8, 4) is 6.07 Å². The summed E-state index contributed by atoms with van der Waals surface area (Å²) in [7, 11) is 0. The van der Waals surface area contributed by atoms with Crippen molar-refractivity contribution in [1.29, 1.82) is 5.26 Å². The molecule has 0 spiro atoms. The molecule has 1 heterocycles. The lowest BCUT2D eigenvalue weighted by Crippen LogP contribution is -2.31. The van der Waals surface area contributed by atoms with Gasteiger partial charge in [-0.2, -0.15) is 5.26 Å². The predicted molar refractivity (Wildman–Crippen MR) is 43.3 cm³/mol. The van der Waals surface area contributed by atoms with Gasteiger partial charge < -0.3 is 10.2 Å². The summed E-state index contributed by atoms with van der Waals surface area (Å²) in [6, 6.07) is 1.91. The molecule has 0 aromatic rings. The molecular weight excluding hydrogens is 156 g/mol. The number of hydrogen-bond donors (Lipinski definition) is 2. The molecule has 1 saturated heterocycles. The molecule has 4 nitrogen and oxygen atoms in total. The number of likely N-dealkylation sites (tertiary alicyclic amines) is 1. The molecule has 0 aliphatic carbocycles. The Morgan fingerprint density at radius 3 is 2.92 bits per heavy atom. The zero-order valence-electron chi connectivity index (χ0n) is 6.98. The molecule has 12 heavy (non-hydrogen) atoms. The van der Waals surface area contributed by atoms with Crippen molar-refractivity contribution in [3.05, 3.63) is 0 Å². The number of nitrogens with zero attached hydrogens (tertiary/aromatic N) is 2. The van der Waals surface area contributed by atoms with E-state index in [1.807, 2.05) is 11.0 Å². The Kier molecular flexibility index (Phi) is 3.48. The zero-order valence-corrected chi connectivity index (χ0v) is 6.98. The Morgan fingerprint density at radius 2 is 2.42 bits per heavy atom. The van der Waals surface area contributed by atoms with Gasteiger partial charge in [-0.25, -0.2) is 0 Å². The Morgan fingerprint density at radius 1 is 1.67 bits per heavy atom. The SMILES string of the molecule is N#CC[C@@H](O)CN1CCC(O)C1. The van der Waals surface area contributed by atoms with Crippen molar-refractivity contribution in [1.82, 2.24) is 4.90 Å². The fourth-order valence-corrected chi connectivity index (χ4v) is 1.45. The van der Waals surface area contributed by atoms with Gasteiger partial charge in [0.2, 0.25) is 0 Å². The Labute approximate surface area is 72.0 Å². The van der Waals surface area contributed by atoms with Crippen molar-refractivity contribution >= 4 is 0 Å². The van der Waals surface area contributed by atoms with Crippen LogP contribution in [0.5, 0.6) is 0 Å². The molecule has 1 aliphatic heterocycles. The average molecular weight is 170 g/mol. The lowest BCUT2D eigenvalue weighted by Gasteiger charge is -2.17. The third-order valence-corrected chi connectivity index (χ3v) is 2.04. The number of hydrogen-bond acceptors (Lipinski definition) is 4. The maximum absolute atomic E-state index is 9.25. The molecule has 1 unspecified atom stereocenters. The molecule has 1 aliphatic rings. The van der Waals surface area contributed by atoms with Gasteiger partial charge in [-0.15, -0.1) is 0 Å². The third-order valence-electron chi connectivity index (χ3n) is 2.04. The first-order chi connectivity index (χ1) is 5.72. The van der Waals surface area contributed by atoms with Gasteiger partial charge in [0.25, 0.3) is 0 Å². The number of rotatable bonds is 3. The van der Waals surface area contributed by atoms with E-state index in [9.17, 15) is 5.11 Å². The van der Waals surface area contributed by atoms with Crippen LogP contribution in [-0.2, 0) is 0 Å². The highest BCUT2D eigenvalue weighted by molar-refractivity contribution is 4.81. The van der Waals surface area contributed by atoms with Gasteiger partial charge in [-0.05, 0) is 6.42 Å². The molecule has 0 aromatic carbocycles. The van der Waals surface area contributed by atoms with E-state index < -0.39 is 6.10 Å². The zero-order chi connectivity index (χ0) is 8.97. The maximum atomic E-state index is 9.25. The van der Waals surface area contributed by atoms with Crippen LogP contribution < -0.4 is 0 Å². The van der Waals surface area contributed by atoms with Crippen molar-refractivity contribution in [2.45, 2.75) is 25.0 Å². The summed E-state index contributed by atoms with van der Waals surface area (Å²) >= 11 is 0. The summed E-state index contributed by atoms with van der Waals surface area (Å²) < 4.78 is 0. The quantitative estimate of drug-likeness (QED) is 0.589. The smallest absolute Gasteiger partial charge is 0.0796 e. The van der Waals surface area contributed by atoms with Crippen LogP contribution in [0, 0.1) is 11.3 Å². The molecule has 1 fully saturated rings. The maximum Gasteiger partial charge on any atom is 0.0796 e. The second-order valence-corrected chi connectivity index (χ2v) is 3.22. The van der Waals surface area contributed by atoms with Crippen LogP contribution >= 0.6 is 0 Å². The molecule has 68 valence electrons. The Hall–Kier alpha value is -0.630. The first kappa shape index (κ1) is 9.46. The van der Waals surface area contributed by atoms with E-state index in [-0.39, 0.29) is 12.5 Å². The van der Waals surface area contributed by atoms with Gasteiger partial charge in [0, 0.05) is 19.6 Å². The van der Waals surface area contributed by atoms with Crippen LogP contribution in [0.4, 0.5) is 0 Å². The van der Waals surface area contributed by atoms with E-state index in [0.29, 0.717) is 13.1 Å². The van der Waals surface area contributed by atoms with E-state index in [4.69, 9.17) is 10.4 Å². The highest BCUT2D eigenvalue weighted by atomic mass is 16.3. The molecule has 4 heteroatoms. The van der Waals surface area contributed by atoms with E-state index in [2.05, 4.69) is 0 Å². The van der Waals surface area contributed by atoms with Crippen LogP contribution in [0.25, 0.3) is 0 Å². The van der Waals surface area contributed by atoms with E-state index in [1.165, 1.54) is 0 Å². The lowest BCUT2D eigenvalue weighted by molar-refractivity contribution is 0.116. The predicted octanol–water partition coefficient (Wildman–Crippen LogP) is -0.672. The van der Waals surface area contributed by atoms with Crippen molar-refractivity contribution in [2.24, 2.45) is 0 Å². The van der Waals surface area contributed by atoms with Crippen LogP contribution in [-0.4, -0.2) is 47.0 Å². The molecule has 0 saturated carbocycles. The second kappa shape index (κ2) is 4.41. The molecule has 2 N–H and O–H groups in total. The summed E-state index contributed by atoms with van der Waals surface area (Å²) in [4.78, 5) is 1.98. The lowest BCUT2D eigenvalue weighted by atomic mass is 10.2. The van der Waals surface area contributed by atoms with E-state index in [1.54, 1.807) is 0 Å². The molecule has 0 amide bonds. The highest BCUT2D eigenvalue weighted by Gasteiger charge is 2.21. The standard InChI is InChI=1S/C8H14N2O2/c9-3-1-7(11)5-10-4-2-8(12)6-10/h7-8,11-12H,1-2,4-6H2/t7-,8?/m1/s1. The first-order valence-corrected chi connectivity index (χ1v) is 4.18. The molecular formula is C8H14N2O2. The summed E-state index contributed by atoms with van der Waals surface area (Å²) in [6.07, 6.45) is 0.130. The van der Waals surface area contributed by atoms with Gasteiger partial charge in [0.15, 0.2) is 0 Å². The molecule has 1 rings (SSSR count). The van der Waals surface area contributed by atoms with Gasteiger partial charge in [-0.1, -0.05) is 0 Å². The minimum absolute atomic E-state index is 0.173. The minimum atomic E-state index is -0.569. The normalized spacial score (nSPS) is 26.9. The van der Waals surface area contributed by atoms with E-state index in [0.717, 1.165) is 13.0 Å². The van der Waals surface area contributed by atoms with Crippen LogP contribution in [0.2, 0.25) is 0 Å².